The maximum absolute atomic E-state index is 3.93. The van der Waals surface area contributed by atoms with Crippen LogP contribution in [0.15, 0.2) is 102 Å². The van der Waals surface area contributed by atoms with E-state index in [4.69, 9.17) is 0 Å². The molecule has 0 atom stereocenters. The van der Waals surface area contributed by atoms with Crippen LogP contribution in [0, 0.1) is 0 Å². The Morgan fingerprint density at radius 1 is 0.519 bits per heavy atom. The molecule has 0 saturated heterocycles. The molecule has 0 bridgehead atoms. The van der Waals surface area contributed by atoms with Gasteiger partial charge in [-0.25, -0.2) is 0 Å². The summed E-state index contributed by atoms with van der Waals surface area (Å²) in [5, 5.41) is 0.971. The third-order valence-corrected chi connectivity index (χ3v) is 5.17. The zero-order valence-electron chi connectivity index (χ0n) is 16.0. The van der Waals surface area contributed by atoms with Crippen molar-refractivity contribution in [3.05, 3.63) is 102 Å². The van der Waals surface area contributed by atoms with Crippen LogP contribution in [0.1, 0.15) is 0 Å². The first-order chi connectivity index (χ1) is 13.1. The van der Waals surface area contributed by atoms with Crippen LogP contribution in [0.4, 0.5) is 17.1 Å². The fourth-order valence-corrected chi connectivity index (χ4v) is 3.49. The van der Waals surface area contributed by atoms with Crippen LogP contribution in [-0.2, 0) is 0 Å². The summed E-state index contributed by atoms with van der Waals surface area (Å²) >= 11 is 0. The van der Waals surface area contributed by atoms with Crippen LogP contribution < -0.4 is 14.7 Å². The van der Waals surface area contributed by atoms with Gasteiger partial charge in [-0.05, 0) is 36.4 Å². The highest BCUT2D eigenvalue weighted by Crippen LogP contribution is 2.27. The van der Waals surface area contributed by atoms with Crippen LogP contribution in [0.3, 0.4) is 0 Å². The average molecular weight is 371 g/mol. The summed E-state index contributed by atoms with van der Waals surface area (Å²) < 4.78 is 0. The number of hydrogen-bond acceptors (Lipinski definition) is 3. The molecule has 3 aromatic rings. The molecular weight excluding hydrogens is 346 g/mol. The quantitative estimate of drug-likeness (QED) is 0.583. The van der Waals surface area contributed by atoms with Gasteiger partial charge in [0.15, 0.2) is 0 Å². The molecule has 0 amide bonds. The van der Waals surface area contributed by atoms with E-state index in [0.717, 1.165) is 28.2 Å². The maximum atomic E-state index is 3.93. The summed E-state index contributed by atoms with van der Waals surface area (Å²) in [6.45, 7) is 0. The first-order valence-electron chi connectivity index (χ1n) is 8.92. The second-order valence-corrected chi connectivity index (χ2v) is 6.83. The topological polar surface area (TPSA) is 9.72 Å². The molecule has 27 heavy (non-hydrogen) atoms. The summed E-state index contributed by atoms with van der Waals surface area (Å²) in [5.74, 6) is 1.04. The van der Waals surface area contributed by atoms with Crippen LogP contribution in [0.25, 0.3) is 0 Å². The first-order valence-corrected chi connectivity index (χ1v) is 9.42. The van der Waals surface area contributed by atoms with Gasteiger partial charge in [-0.3, -0.25) is 0 Å². The average Bonchev–Trinajstić information content (AvgIpc) is 2.75. The second kappa shape index (κ2) is 8.60. The van der Waals surface area contributed by atoms with Gasteiger partial charge in [0.05, 0.1) is 0 Å². The molecule has 0 aliphatic carbocycles. The van der Waals surface area contributed by atoms with Crippen LogP contribution in [0.5, 0.6) is 0 Å². The van der Waals surface area contributed by atoms with Gasteiger partial charge in [0.25, 0.3) is 0 Å². The molecule has 0 spiro atoms. The summed E-state index contributed by atoms with van der Waals surface area (Å²) in [6.07, 6.45) is 0. The van der Waals surface area contributed by atoms with E-state index in [1.165, 1.54) is 0 Å². The predicted octanol–water partition coefficient (Wildman–Crippen LogP) is 4.69. The van der Waals surface area contributed by atoms with Gasteiger partial charge >= 0.3 is 0 Å². The van der Waals surface area contributed by atoms with Crippen molar-refractivity contribution in [2.45, 2.75) is 0 Å². The van der Waals surface area contributed by atoms with Gasteiger partial charge in [-0.2, -0.15) is 0 Å². The standard InChI is InChI=1S/C23H24N3Si/c1-24(19-13-7-4-8-14-19)22(25(2)20-15-9-5-10-16-20)23(27)26(3)21-17-11-6-12-18-21/h4-18H,1-3H3. The monoisotopic (exact) mass is 370 g/mol. The van der Waals surface area contributed by atoms with Crippen molar-refractivity contribution in [2.24, 2.45) is 0 Å². The Kier molecular flexibility index (Phi) is 5.99. The van der Waals surface area contributed by atoms with E-state index in [1.54, 1.807) is 0 Å². The smallest absolute Gasteiger partial charge is 0.127 e. The normalized spacial score (nSPS) is 10.2. The second-order valence-electron chi connectivity index (χ2n) is 6.36. The maximum Gasteiger partial charge on any atom is 0.127 e. The molecule has 0 heterocycles. The van der Waals surface area contributed by atoms with Gasteiger partial charge in [-0.15, -0.1) is 0 Å². The molecule has 3 aromatic carbocycles. The predicted molar refractivity (Wildman–Crippen MR) is 117 cm³/mol. The van der Waals surface area contributed by atoms with Gasteiger partial charge in [0.2, 0.25) is 0 Å². The Morgan fingerprint density at radius 2 is 0.815 bits per heavy atom. The molecule has 0 unspecified atom stereocenters. The lowest BCUT2D eigenvalue weighted by atomic mass is 10.2. The van der Waals surface area contributed by atoms with Gasteiger partial charge in [0, 0.05) is 43.5 Å². The lowest BCUT2D eigenvalue weighted by molar-refractivity contribution is 0.945. The van der Waals surface area contributed by atoms with Crippen LogP contribution >= 0.6 is 0 Å². The van der Waals surface area contributed by atoms with Crippen LogP contribution in [0.2, 0.25) is 0 Å². The Labute approximate surface area is 165 Å². The Hall–Kier alpha value is -2.98. The minimum atomic E-state index is 0.971. The number of anilines is 3. The molecule has 0 fully saturated rings. The number of hydrogen-bond donors (Lipinski definition) is 0. The SMILES string of the molecule is CN(C([Si])=C(N(C)c1ccccc1)N(C)c1ccccc1)c1ccccc1. The molecule has 0 aliphatic heterocycles. The lowest BCUT2D eigenvalue weighted by Crippen LogP contribution is -2.36. The Bertz CT molecular complexity index is 832. The Morgan fingerprint density at radius 3 is 1.15 bits per heavy atom. The summed E-state index contributed by atoms with van der Waals surface area (Å²) in [6, 6.07) is 31.1. The Balaban J connectivity index is 2.08. The van der Waals surface area contributed by atoms with Crippen LogP contribution in [-0.4, -0.2) is 31.4 Å². The van der Waals surface area contributed by atoms with Crippen molar-refractivity contribution in [1.29, 1.82) is 0 Å². The van der Waals surface area contributed by atoms with Crippen molar-refractivity contribution < 1.29 is 0 Å². The van der Waals surface area contributed by atoms with Crippen molar-refractivity contribution in [3.63, 3.8) is 0 Å². The summed E-state index contributed by atoms with van der Waals surface area (Å²) in [7, 11) is 10.2. The fourth-order valence-electron chi connectivity index (χ4n) is 3.02. The largest absolute Gasteiger partial charge is 0.349 e. The van der Waals surface area contributed by atoms with Crippen molar-refractivity contribution in [1.82, 2.24) is 0 Å². The third kappa shape index (κ3) is 4.23. The number of para-hydroxylation sites is 3. The highest BCUT2D eigenvalue weighted by molar-refractivity contribution is 6.24. The highest BCUT2D eigenvalue weighted by atomic mass is 28.1. The van der Waals surface area contributed by atoms with E-state index in [0.29, 0.717) is 0 Å². The minimum absolute atomic E-state index is 0.971. The summed E-state index contributed by atoms with van der Waals surface area (Å²) in [5.41, 5.74) is 3.35. The molecule has 3 nitrogen and oxygen atoms in total. The summed E-state index contributed by atoms with van der Waals surface area (Å²) in [4.78, 5) is 6.52. The minimum Gasteiger partial charge on any atom is -0.349 e. The van der Waals surface area contributed by atoms with E-state index in [9.17, 15) is 0 Å². The number of rotatable bonds is 6. The van der Waals surface area contributed by atoms with Crippen molar-refractivity contribution in [3.8, 4) is 0 Å². The number of benzene rings is 3. The molecule has 3 rings (SSSR count). The van der Waals surface area contributed by atoms with Gasteiger partial charge < -0.3 is 14.7 Å². The van der Waals surface area contributed by atoms with E-state index in [-0.39, 0.29) is 0 Å². The molecule has 0 N–H and O–H groups in total. The van der Waals surface area contributed by atoms with E-state index >= 15 is 0 Å². The molecule has 3 radical (unpaired) electrons. The van der Waals surface area contributed by atoms with E-state index < -0.39 is 0 Å². The zero-order chi connectivity index (χ0) is 19.2. The van der Waals surface area contributed by atoms with E-state index in [2.05, 4.69) is 107 Å². The van der Waals surface area contributed by atoms with E-state index in [1.807, 2.05) is 30.3 Å². The fraction of sp³-hybridized carbons (Fsp3) is 0.130. The highest BCUT2D eigenvalue weighted by Gasteiger charge is 2.19. The lowest BCUT2D eigenvalue weighted by Gasteiger charge is -2.35. The third-order valence-electron chi connectivity index (χ3n) is 4.61. The number of nitrogens with zero attached hydrogens (tertiary/aromatic N) is 3. The first kappa shape index (κ1) is 18.8. The van der Waals surface area contributed by atoms with Crippen molar-refractivity contribution >= 4 is 27.3 Å². The van der Waals surface area contributed by atoms with Gasteiger partial charge in [0.1, 0.15) is 16.1 Å². The molecule has 0 aromatic heterocycles. The molecule has 0 saturated carbocycles. The molecule has 4 heteroatoms. The van der Waals surface area contributed by atoms with Crippen molar-refractivity contribution in [2.75, 3.05) is 35.8 Å². The van der Waals surface area contributed by atoms with Gasteiger partial charge in [-0.1, -0.05) is 54.6 Å². The zero-order valence-corrected chi connectivity index (χ0v) is 17.0. The molecule has 0 aliphatic rings. The molecular formula is C23H24N3Si. The molecule has 135 valence electrons.